The molecule has 0 amide bonds. The van der Waals surface area contributed by atoms with Crippen LogP contribution in [0.3, 0.4) is 0 Å². The predicted octanol–water partition coefficient (Wildman–Crippen LogP) is 1.36. The van der Waals surface area contributed by atoms with Crippen LogP contribution in [0, 0.1) is 5.92 Å². The summed E-state index contributed by atoms with van der Waals surface area (Å²) in [5, 5.41) is 3.46. The molecule has 0 bridgehead atoms. The lowest BCUT2D eigenvalue weighted by Crippen LogP contribution is -2.27. The normalized spacial score (nSPS) is 22.9. The zero-order valence-electron chi connectivity index (χ0n) is 10.8. The molecule has 0 saturated carbocycles. The van der Waals surface area contributed by atoms with E-state index in [1.165, 1.54) is 30.6 Å². The first-order valence-corrected chi connectivity index (χ1v) is 6.39. The van der Waals surface area contributed by atoms with E-state index in [1.807, 2.05) is 0 Å². The Morgan fingerprint density at radius 3 is 2.59 bits per heavy atom. The van der Waals surface area contributed by atoms with Crippen molar-refractivity contribution in [1.29, 1.82) is 0 Å². The molecule has 0 radical (unpaired) electrons. The molecule has 17 heavy (non-hydrogen) atoms. The Balaban J connectivity index is 2.11. The lowest BCUT2D eigenvalue weighted by atomic mass is 9.92. The molecule has 1 aromatic rings. The van der Waals surface area contributed by atoms with Crippen molar-refractivity contribution in [2.45, 2.75) is 19.0 Å². The van der Waals surface area contributed by atoms with Crippen LogP contribution in [0.15, 0.2) is 24.3 Å². The topological polar surface area (TPSA) is 41.3 Å². The molecule has 3 nitrogen and oxygen atoms in total. The second kappa shape index (κ2) is 5.63. The molecule has 3 N–H and O–H groups in total. The summed E-state index contributed by atoms with van der Waals surface area (Å²) >= 11 is 0. The average Bonchev–Trinajstić information content (AvgIpc) is 2.78. The maximum atomic E-state index is 5.63. The van der Waals surface area contributed by atoms with Crippen LogP contribution in [-0.2, 0) is 6.54 Å². The monoisotopic (exact) mass is 233 g/mol. The van der Waals surface area contributed by atoms with E-state index in [2.05, 4.69) is 48.6 Å². The summed E-state index contributed by atoms with van der Waals surface area (Å²) in [6.45, 7) is 3.02. The second-order valence-electron chi connectivity index (χ2n) is 5.02. The summed E-state index contributed by atoms with van der Waals surface area (Å²) in [5.41, 5.74) is 8.21. The molecule has 1 fully saturated rings. The number of benzene rings is 1. The maximum Gasteiger partial charge on any atom is 0.0358 e. The lowest BCUT2D eigenvalue weighted by Gasteiger charge is -2.23. The van der Waals surface area contributed by atoms with E-state index in [0.717, 1.165) is 0 Å². The third-order valence-electron chi connectivity index (χ3n) is 3.78. The van der Waals surface area contributed by atoms with Gasteiger partial charge in [0.2, 0.25) is 0 Å². The minimum atomic E-state index is 0.465. The van der Waals surface area contributed by atoms with Crippen LogP contribution in [0.5, 0.6) is 0 Å². The number of hydrogen-bond acceptors (Lipinski definition) is 3. The summed E-state index contributed by atoms with van der Waals surface area (Å²) in [6, 6.07) is 9.16. The lowest BCUT2D eigenvalue weighted by molar-refractivity contribution is 0.351. The maximum absolute atomic E-state index is 5.63. The fraction of sp³-hybridized carbons (Fsp3) is 0.571. The van der Waals surface area contributed by atoms with Crippen molar-refractivity contribution in [3.05, 3.63) is 35.4 Å². The van der Waals surface area contributed by atoms with Gasteiger partial charge in [0.25, 0.3) is 0 Å². The van der Waals surface area contributed by atoms with Crippen LogP contribution in [0.4, 0.5) is 0 Å². The van der Waals surface area contributed by atoms with E-state index in [4.69, 9.17) is 5.73 Å². The van der Waals surface area contributed by atoms with E-state index in [9.17, 15) is 0 Å². The van der Waals surface area contributed by atoms with Gasteiger partial charge in [0.1, 0.15) is 0 Å². The van der Waals surface area contributed by atoms with Crippen LogP contribution >= 0.6 is 0 Å². The Morgan fingerprint density at radius 2 is 2.12 bits per heavy atom. The van der Waals surface area contributed by atoms with Gasteiger partial charge in [-0.1, -0.05) is 24.3 Å². The van der Waals surface area contributed by atoms with Crippen molar-refractivity contribution >= 4 is 0 Å². The van der Waals surface area contributed by atoms with Crippen molar-refractivity contribution in [3.8, 4) is 0 Å². The first-order chi connectivity index (χ1) is 8.24. The molecule has 1 aliphatic heterocycles. The van der Waals surface area contributed by atoms with Gasteiger partial charge in [0.15, 0.2) is 0 Å². The molecular formula is C14H23N3. The summed E-state index contributed by atoms with van der Waals surface area (Å²) < 4.78 is 0. The molecule has 0 aliphatic carbocycles. The van der Waals surface area contributed by atoms with Crippen LogP contribution in [0.25, 0.3) is 0 Å². The summed E-state index contributed by atoms with van der Waals surface area (Å²) in [6.07, 6.45) is 1.28. The molecule has 2 atom stereocenters. The van der Waals surface area contributed by atoms with Crippen LogP contribution in [0.2, 0.25) is 0 Å². The number of nitrogens with one attached hydrogen (secondary N) is 1. The molecule has 0 spiro atoms. The zero-order valence-corrected chi connectivity index (χ0v) is 10.8. The van der Waals surface area contributed by atoms with E-state index in [-0.39, 0.29) is 0 Å². The van der Waals surface area contributed by atoms with Crippen molar-refractivity contribution in [2.75, 3.05) is 27.2 Å². The molecular weight excluding hydrogens is 210 g/mol. The minimum Gasteiger partial charge on any atom is -0.326 e. The smallest absolute Gasteiger partial charge is 0.0358 e. The van der Waals surface area contributed by atoms with Gasteiger partial charge in [-0.15, -0.1) is 0 Å². The van der Waals surface area contributed by atoms with Crippen molar-refractivity contribution in [3.63, 3.8) is 0 Å². The Labute approximate surface area is 104 Å². The van der Waals surface area contributed by atoms with Crippen LogP contribution in [-0.4, -0.2) is 32.1 Å². The van der Waals surface area contributed by atoms with E-state index < -0.39 is 0 Å². The summed E-state index contributed by atoms with van der Waals surface area (Å²) in [5.74, 6) is 0.716. The van der Waals surface area contributed by atoms with Gasteiger partial charge in [0.05, 0.1) is 0 Å². The fourth-order valence-electron chi connectivity index (χ4n) is 2.78. The Morgan fingerprint density at radius 1 is 1.41 bits per heavy atom. The zero-order chi connectivity index (χ0) is 12.3. The first kappa shape index (κ1) is 12.6. The van der Waals surface area contributed by atoms with Gasteiger partial charge < -0.3 is 16.0 Å². The molecule has 2 rings (SSSR count). The molecule has 0 aromatic heterocycles. The van der Waals surface area contributed by atoms with Crippen molar-refractivity contribution in [1.82, 2.24) is 10.2 Å². The van der Waals surface area contributed by atoms with Crippen LogP contribution < -0.4 is 11.1 Å². The number of nitrogens with two attached hydrogens (primary N) is 1. The predicted molar refractivity (Wildman–Crippen MR) is 71.7 cm³/mol. The number of hydrogen-bond donors (Lipinski definition) is 2. The third kappa shape index (κ3) is 2.86. The number of likely N-dealkylation sites (tertiary alicyclic amines) is 1. The highest BCUT2D eigenvalue weighted by Gasteiger charge is 2.27. The second-order valence-corrected chi connectivity index (χ2v) is 5.02. The molecule has 1 saturated heterocycles. The standard InChI is InChI=1S/C14H23N3/c1-16-14(13-7-8-17(2)10-13)12-5-3-11(9-15)4-6-12/h3-6,13-14,16H,7-10,15H2,1-2H3. The highest BCUT2D eigenvalue weighted by Crippen LogP contribution is 2.29. The van der Waals surface area contributed by atoms with Gasteiger partial charge in [-0.05, 0) is 44.1 Å². The minimum absolute atomic E-state index is 0.465. The van der Waals surface area contributed by atoms with Gasteiger partial charge in [-0.2, -0.15) is 0 Å². The average molecular weight is 233 g/mol. The molecule has 1 aliphatic rings. The van der Waals surface area contributed by atoms with Crippen molar-refractivity contribution in [2.24, 2.45) is 11.7 Å². The summed E-state index contributed by atoms with van der Waals surface area (Å²) in [4.78, 5) is 2.41. The van der Waals surface area contributed by atoms with E-state index in [0.29, 0.717) is 18.5 Å². The Kier molecular flexibility index (Phi) is 4.15. The third-order valence-corrected chi connectivity index (χ3v) is 3.78. The van der Waals surface area contributed by atoms with Crippen molar-refractivity contribution < 1.29 is 0 Å². The molecule has 94 valence electrons. The molecule has 1 aromatic carbocycles. The Bertz CT molecular complexity index is 347. The number of rotatable bonds is 4. The van der Waals surface area contributed by atoms with Gasteiger partial charge in [-0.25, -0.2) is 0 Å². The highest BCUT2D eigenvalue weighted by atomic mass is 15.1. The van der Waals surface area contributed by atoms with Crippen LogP contribution in [0.1, 0.15) is 23.6 Å². The van der Waals surface area contributed by atoms with Gasteiger partial charge in [-0.3, -0.25) is 0 Å². The quantitative estimate of drug-likeness (QED) is 0.825. The molecule has 3 heteroatoms. The number of nitrogens with zero attached hydrogens (tertiary/aromatic N) is 1. The molecule has 1 heterocycles. The largest absolute Gasteiger partial charge is 0.326 e. The first-order valence-electron chi connectivity index (χ1n) is 6.39. The highest BCUT2D eigenvalue weighted by molar-refractivity contribution is 5.25. The Hall–Kier alpha value is -0.900. The van der Waals surface area contributed by atoms with E-state index >= 15 is 0 Å². The SMILES string of the molecule is CNC(c1ccc(CN)cc1)C1CCN(C)C1. The summed E-state index contributed by atoms with van der Waals surface area (Å²) in [7, 11) is 4.25. The van der Waals surface area contributed by atoms with Gasteiger partial charge in [0, 0.05) is 19.1 Å². The van der Waals surface area contributed by atoms with E-state index in [1.54, 1.807) is 0 Å². The van der Waals surface area contributed by atoms with Gasteiger partial charge >= 0.3 is 0 Å². The molecule has 2 unspecified atom stereocenters. The fourth-order valence-corrected chi connectivity index (χ4v) is 2.78.